The summed E-state index contributed by atoms with van der Waals surface area (Å²) in [5.41, 5.74) is 7.33. The molecule has 0 aliphatic carbocycles. The van der Waals surface area contributed by atoms with Gasteiger partial charge in [-0.2, -0.15) is 0 Å². The number of hydrogen-bond acceptors (Lipinski definition) is 3. The van der Waals surface area contributed by atoms with Crippen LogP contribution in [0.3, 0.4) is 0 Å². The van der Waals surface area contributed by atoms with Crippen LogP contribution in [0.2, 0.25) is 10.0 Å². The minimum absolute atomic E-state index is 0.565. The molecule has 0 amide bonds. The van der Waals surface area contributed by atoms with Crippen molar-refractivity contribution in [3.8, 4) is 0 Å². The van der Waals surface area contributed by atoms with Gasteiger partial charge < -0.3 is 5.73 Å². The van der Waals surface area contributed by atoms with Gasteiger partial charge in [-0.1, -0.05) is 28.4 Å². The highest BCUT2D eigenvalue weighted by Gasteiger charge is 2.05. The summed E-state index contributed by atoms with van der Waals surface area (Å²) in [6.07, 6.45) is 3.67. The summed E-state index contributed by atoms with van der Waals surface area (Å²) in [7, 11) is 0. The normalized spacial score (nSPS) is 10.8. The monoisotopic (exact) mass is 284 g/mol. The molecule has 0 radical (unpaired) electrons. The number of hydrogen-bond donors (Lipinski definition) is 1. The van der Waals surface area contributed by atoms with E-state index < -0.39 is 0 Å². The van der Waals surface area contributed by atoms with Gasteiger partial charge in [0.1, 0.15) is 0 Å². The largest absolute Gasteiger partial charge is 0.330 e. The van der Waals surface area contributed by atoms with Crippen molar-refractivity contribution in [3.63, 3.8) is 0 Å². The van der Waals surface area contributed by atoms with E-state index >= 15 is 0 Å². The number of aromatic nitrogens is 3. The molecule has 4 nitrogen and oxygen atoms in total. The smallest absolute Gasteiger partial charge is 0.0827 e. The van der Waals surface area contributed by atoms with Crippen LogP contribution in [0.4, 0.5) is 0 Å². The molecule has 2 rings (SSSR count). The van der Waals surface area contributed by atoms with Crippen molar-refractivity contribution < 1.29 is 0 Å². The first-order valence-corrected chi connectivity index (χ1v) is 6.47. The Bertz CT molecular complexity index is 525. The van der Waals surface area contributed by atoms with E-state index in [9.17, 15) is 0 Å². The van der Waals surface area contributed by atoms with Crippen molar-refractivity contribution in [2.45, 2.75) is 19.4 Å². The van der Waals surface area contributed by atoms with E-state index in [-0.39, 0.29) is 0 Å². The minimum atomic E-state index is 0.565. The first-order chi connectivity index (χ1) is 8.69. The van der Waals surface area contributed by atoms with E-state index in [1.165, 1.54) is 0 Å². The molecule has 0 unspecified atom stereocenters. The third kappa shape index (κ3) is 3.45. The molecular formula is C12H14Cl2N4. The molecule has 96 valence electrons. The number of rotatable bonds is 5. The zero-order valence-electron chi connectivity index (χ0n) is 9.81. The number of nitrogens with zero attached hydrogens (tertiary/aromatic N) is 3. The second-order valence-corrected chi connectivity index (χ2v) is 4.88. The third-order valence-corrected chi connectivity index (χ3v) is 3.17. The second kappa shape index (κ2) is 6.18. The topological polar surface area (TPSA) is 56.7 Å². The average Bonchev–Trinajstić information content (AvgIpc) is 2.79. The SMILES string of the molecule is NCCCc1cn(Cc2cc(Cl)ccc2Cl)nn1. The second-order valence-electron chi connectivity index (χ2n) is 4.04. The van der Waals surface area contributed by atoms with Gasteiger partial charge >= 0.3 is 0 Å². The van der Waals surface area contributed by atoms with Crippen LogP contribution in [0.25, 0.3) is 0 Å². The summed E-state index contributed by atoms with van der Waals surface area (Å²) in [4.78, 5) is 0. The number of aryl methyl sites for hydroxylation is 1. The lowest BCUT2D eigenvalue weighted by Crippen LogP contribution is -2.01. The fourth-order valence-electron chi connectivity index (χ4n) is 1.65. The van der Waals surface area contributed by atoms with E-state index in [1.807, 2.05) is 12.3 Å². The lowest BCUT2D eigenvalue weighted by molar-refractivity contribution is 0.649. The van der Waals surface area contributed by atoms with Crippen LogP contribution < -0.4 is 5.73 Å². The van der Waals surface area contributed by atoms with Gasteiger partial charge in [0, 0.05) is 16.2 Å². The van der Waals surface area contributed by atoms with Gasteiger partial charge in [0.2, 0.25) is 0 Å². The van der Waals surface area contributed by atoms with Gasteiger partial charge in [0.05, 0.1) is 12.2 Å². The van der Waals surface area contributed by atoms with Gasteiger partial charge in [-0.3, -0.25) is 0 Å². The molecule has 0 atom stereocenters. The van der Waals surface area contributed by atoms with Crippen LogP contribution in [0.1, 0.15) is 17.7 Å². The molecule has 0 aliphatic rings. The summed E-state index contributed by atoms with van der Waals surface area (Å²) in [5, 5.41) is 9.49. The Morgan fingerprint density at radius 3 is 2.89 bits per heavy atom. The van der Waals surface area contributed by atoms with Gasteiger partial charge in [0.25, 0.3) is 0 Å². The molecule has 0 saturated carbocycles. The fourth-order valence-corrected chi connectivity index (χ4v) is 2.02. The molecular weight excluding hydrogens is 271 g/mol. The lowest BCUT2D eigenvalue weighted by atomic mass is 10.2. The van der Waals surface area contributed by atoms with E-state index in [2.05, 4.69) is 10.3 Å². The molecule has 0 spiro atoms. The molecule has 0 aliphatic heterocycles. The minimum Gasteiger partial charge on any atom is -0.330 e. The summed E-state index contributed by atoms with van der Waals surface area (Å²) in [6.45, 7) is 1.22. The van der Waals surface area contributed by atoms with Crippen molar-refractivity contribution in [2.75, 3.05) is 6.54 Å². The van der Waals surface area contributed by atoms with Gasteiger partial charge in [-0.25, -0.2) is 4.68 Å². The predicted octanol–water partition coefficient (Wildman–Crippen LogP) is 2.52. The average molecular weight is 285 g/mol. The molecule has 0 fully saturated rings. The molecule has 0 saturated heterocycles. The molecule has 2 aromatic rings. The zero-order valence-corrected chi connectivity index (χ0v) is 11.3. The predicted molar refractivity (Wildman–Crippen MR) is 73.0 cm³/mol. The fraction of sp³-hybridized carbons (Fsp3) is 0.333. The highest BCUT2D eigenvalue weighted by Crippen LogP contribution is 2.21. The Morgan fingerprint density at radius 2 is 2.11 bits per heavy atom. The van der Waals surface area contributed by atoms with Crippen LogP contribution in [0.5, 0.6) is 0 Å². The third-order valence-electron chi connectivity index (χ3n) is 2.56. The van der Waals surface area contributed by atoms with Gasteiger partial charge in [0.15, 0.2) is 0 Å². The molecule has 1 aromatic carbocycles. The Morgan fingerprint density at radius 1 is 1.28 bits per heavy atom. The maximum absolute atomic E-state index is 6.10. The Balaban J connectivity index is 2.08. The Hall–Kier alpha value is -1.10. The zero-order chi connectivity index (χ0) is 13.0. The summed E-state index contributed by atoms with van der Waals surface area (Å²) in [5.74, 6) is 0. The van der Waals surface area contributed by atoms with Gasteiger partial charge in [-0.15, -0.1) is 5.10 Å². The highest BCUT2D eigenvalue weighted by atomic mass is 35.5. The van der Waals surface area contributed by atoms with E-state index in [0.29, 0.717) is 23.1 Å². The lowest BCUT2D eigenvalue weighted by Gasteiger charge is -2.04. The van der Waals surface area contributed by atoms with Crippen molar-refractivity contribution in [2.24, 2.45) is 5.73 Å². The first-order valence-electron chi connectivity index (χ1n) is 5.72. The van der Waals surface area contributed by atoms with E-state index in [4.69, 9.17) is 28.9 Å². The summed E-state index contributed by atoms with van der Waals surface area (Å²) >= 11 is 12.0. The number of benzene rings is 1. The quantitative estimate of drug-likeness (QED) is 0.918. The molecule has 1 heterocycles. The molecule has 18 heavy (non-hydrogen) atoms. The number of nitrogens with two attached hydrogens (primary N) is 1. The van der Waals surface area contributed by atoms with Crippen LogP contribution in [-0.4, -0.2) is 21.5 Å². The van der Waals surface area contributed by atoms with Crippen LogP contribution in [-0.2, 0) is 13.0 Å². The molecule has 0 bridgehead atoms. The maximum atomic E-state index is 6.10. The Kier molecular flexibility index (Phi) is 4.58. The van der Waals surface area contributed by atoms with Crippen molar-refractivity contribution in [1.82, 2.24) is 15.0 Å². The van der Waals surface area contributed by atoms with E-state index in [0.717, 1.165) is 24.1 Å². The Labute approximate surface area is 116 Å². The van der Waals surface area contributed by atoms with Gasteiger partial charge in [-0.05, 0) is 43.1 Å². The first kappa shape index (κ1) is 13.3. The molecule has 1 aromatic heterocycles. The summed E-state index contributed by atoms with van der Waals surface area (Å²) in [6, 6.07) is 5.39. The summed E-state index contributed by atoms with van der Waals surface area (Å²) < 4.78 is 1.75. The van der Waals surface area contributed by atoms with Crippen LogP contribution >= 0.6 is 23.2 Å². The number of halogens is 2. The van der Waals surface area contributed by atoms with Crippen LogP contribution in [0.15, 0.2) is 24.4 Å². The van der Waals surface area contributed by atoms with Crippen molar-refractivity contribution >= 4 is 23.2 Å². The molecule has 2 N–H and O–H groups in total. The maximum Gasteiger partial charge on any atom is 0.0827 e. The highest BCUT2D eigenvalue weighted by molar-refractivity contribution is 6.33. The standard InChI is InChI=1S/C12H14Cl2N4/c13-10-3-4-12(14)9(6-10)7-18-8-11(16-17-18)2-1-5-15/h3-4,6,8H,1-2,5,7,15H2. The molecule has 6 heteroatoms. The van der Waals surface area contributed by atoms with Crippen molar-refractivity contribution in [3.05, 3.63) is 45.7 Å². The van der Waals surface area contributed by atoms with E-state index in [1.54, 1.807) is 16.8 Å². The van der Waals surface area contributed by atoms with Crippen LogP contribution in [0, 0.1) is 0 Å². The van der Waals surface area contributed by atoms with Crippen molar-refractivity contribution in [1.29, 1.82) is 0 Å².